The molecule has 1 amide bonds. The number of aromatic nitrogens is 2. The molecule has 13 heteroatoms. The van der Waals surface area contributed by atoms with Crippen LogP contribution < -0.4 is 10.1 Å². The number of alkyl halides is 3. The van der Waals surface area contributed by atoms with Gasteiger partial charge in [0.05, 0.1) is 22.8 Å². The van der Waals surface area contributed by atoms with Crippen molar-refractivity contribution in [1.29, 1.82) is 0 Å². The van der Waals surface area contributed by atoms with Gasteiger partial charge in [-0.2, -0.15) is 18.3 Å². The second-order valence-corrected chi connectivity index (χ2v) is 11.4. The van der Waals surface area contributed by atoms with Crippen LogP contribution in [0.4, 0.5) is 18.0 Å². The van der Waals surface area contributed by atoms with Gasteiger partial charge >= 0.3 is 18.2 Å². The summed E-state index contributed by atoms with van der Waals surface area (Å²) in [5.41, 5.74) is 8.43. The van der Waals surface area contributed by atoms with Crippen molar-refractivity contribution in [2.75, 3.05) is 39.8 Å². The number of carboxylic acid groups (broad SMARTS) is 1. The third-order valence-electron chi connectivity index (χ3n) is 7.28. The number of carbonyl (C=O) groups is 2. The highest BCUT2D eigenvalue weighted by atomic mass is 32.1. The number of carboxylic acids is 1. The number of H-pyrrole nitrogens is 1. The first-order chi connectivity index (χ1) is 21.6. The second kappa shape index (κ2) is 14.0. The Hall–Kier alpha value is -4.64. The lowest BCUT2D eigenvalue weighted by Crippen LogP contribution is -2.43. The van der Waals surface area contributed by atoms with E-state index in [0.717, 1.165) is 61.0 Å². The first-order valence-electron chi connectivity index (χ1n) is 14.1. The molecule has 0 atom stereocenters. The van der Waals surface area contributed by atoms with Gasteiger partial charge < -0.3 is 20.1 Å². The first kappa shape index (κ1) is 31.8. The zero-order valence-corrected chi connectivity index (χ0v) is 25.1. The smallest absolute Gasteiger partial charge is 0.475 e. The number of nitrogens with one attached hydrogen (secondary N) is 2. The summed E-state index contributed by atoms with van der Waals surface area (Å²) < 4.78 is 36.9. The van der Waals surface area contributed by atoms with E-state index in [1.807, 2.05) is 18.2 Å². The Balaban J connectivity index is 0.000000515. The maximum Gasteiger partial charge on any atom is 0.490 e. The molecule has 0 saturated carbocycles. The van der Waals surface area contributed by atoms with Crippen LogP contribution in [-0.2, 0) is 17.8 Å². The van der Waals surface area contributed by atoms with Crippen LogP contribution >= 0.6 is 11.3 Å². The van der Waals surface area contributed by atoms with Gasteiger partial charge in [-0.1, -0.05) is 48.2 Å². The molecule has 0 spiro atoms. The minimum Gasteiger partial charge on any atom is -0.475 e. The molecule has 0 unspecified atom stereocenters. The van der Waals surface area contributed by atoms with Gasteiger partial charge in [0.1, 0.15) is 5.75 Å². The SMILES string of the molecule is CN1CCN(Cc2ccc3c(c2)Cc2c(-c4csc(C#CCNC(=O)Oc5ccccc5)c4)n[nH]c2-3)CC1.O=C(O)C(F)(F)F. The third kappa shape index (κ3) is 8.30. The van der Waals surface area contributed by atoms with E-state index in [0.29, 0.717) is 5.75 Å². The average Bonchev–Trinajstić information content (AvgIpc) is 3.72. The number of benzene rings is 2. The van der Waals surface area contributed by atoms with Crippen LogP contribution in [0.2, 0.25) is 0 Å². The van der Waals surface area contributed by atoms with Crippen LogP contribution in [0.5, 0.6) is 5.75 Å². The van der Waals surface area contributed by atoms with E-state index in [4.69, 9.17) is 14.6 Å². The number of rotatable bonds is 5. The summed E-state index contributed by atoms with van der Waals surface area (Å²) in [6.45, 7) is 5.73. The maximum atomic E-state index is 11.9. The molecule has 2 aromatic carbocycles. The summed E-state index contributed by atoms with van der Waals surface area (Å²) in [6.07, 6.45) is -4.71. The predicted molar refractivity (Wildman–Crippen MR) is 164 cm³/mol. The molecular formula is C32H30F3N5O4S. The van der Waals surface area contributed by atoms with E-state index < -0.39 is 18.2 Å². The number of likely N-dealkylation sites (N-methyl/N-ethyl adjacent to an activating group) is 1. The third-order valence-corrected chi connectivity index (χ3v) is 8.12. The zero-order valence-electron chi connectivity index (χ0n) is 24.3. The number of amides is 1. The molecule has 0 bridgehead atoms. The van der Waals surface area contributed by atoms with E-state index in [1.54, 1.807) is 23.5 Å². The molecule has 234 valence electrons. The molecule has 2 aliphatic rings. The lowest BCUT2D eigenvalue weighted by Gasteiger charge is -2.32. The number of hydrogen-bond acceptors (Lipinski definition) is 7. The van der Waals surface area contributed by atoms with Crippen molar-refractivity contribution in [2.45, 2.75) is 19.1 Å². The number of para-hydroxylation sites is 1. The average molecular weight is 638 g/mol. The minimum atomic E-state index is -5.08. The Morgan fingerprint density at radius 1 is 1.11 bits per heavy atom. The fraction of sp³-hybridized carbons (Fsp3) is 0.281. The number of carbonyl (C=O) groups excluding carboxylic acids is 1. The van der Waals surface area contributed by atoms with Crippen molar-refractivity contribution in [2.24, 2.45) is 0 Å². The van der Waals surface area contributed by atoms with Crippen molar-refractivity contribution in [3.8, 4) is 40.1 Å². The predicted octanol–water partition coefficient (Wildman–Crippen LogP) is 5.23. The van der Waals surface area contributed by atoms with Gasteiger partial charge in [0, 0.05) is 61.2 Å². The molecule has 45 heavy (non-hydrogen) atoms. The number of halogens is 3. The molecule has 9 nitrogen and oxygen atoms in total. The molecule has 4 aromatic rings. The van der Waals surface area contributed by atoms with Crippen LogP contribution in [0.3, 0.4) is 0 Å². The fourth-order valence-corrected chi connectivity index (χ4v) is 5.75. The van der Waals surface area contributed by atoms with Gasteiger partial charge in [-0.25, -0.2) is 9.59 Å². The molecule has 1 fully saturated rings. The van der Waals surface area contributed by atoms with Crippen molar-refractivity contribution in [3.63, 3.8) is 0 Å². The van der Waals surface area contributed by atoms with Gasteiger partial charge in [0.2, 0.25) is 0 Å². The molecule has 0 radical (unpaired) electrons. The number of nitrogens with zero attached hydrogens (tertiary/aromatic N) is 3. The highest BCUT2D eigenvalue weighted by Gasteiger charge is 2.38. The standard InChI is InChI=1S/C30H29N5O2S.C2HF3O2/c1-34-12-14-35(15-13-34)19-21-9-10-26-22(16-21)18-27-28(32-33-29(26)27)23-17-25(38-20-23)8-5-11-31-30(36)37-24-6-3-2-4-7-24;3-2(4,5)1(6)7/h2-4,6-7,9-10,16-17,20H,11-15,18-19H2,1H3,(H,31,36)(H,32,33);(H,6,7). The summed E-state index contributed by atoms with van der Waals surface area (Å²) in [4.78, 5) is 26.7. The second-order valence-electron chi connectivity index (χ2n) is 10.5. The molecule has 1 aliphatic heterocycles. The molecule has 1 aliphatic carbocycles. The molecule has 3 N–H and O–H groups in total. The maximum absolute atomic E-state index is 11.9. The summed E-state index contributed by atoms with van der Waals surface area (Å²) >= 11 is 1.58. The Kier molecular flexibility index (Phi) is 9.87. The quantitative estimate of drug-likeness (QED) is 0.227. The number of thiophene rings is 1. The number of piperazine rings is 1. The Morgan fingerprint density at radius 3 is 2.56 bits per heavy atom. The van der Waals surface area contributed by atoms with E-state index in [9.17, 15) is 18.0 Å². The van der Waals surface area contributed by atoms with Gasteiger partial charge in [-0.3, -0.25) is 10.00 Å². The monoisotopic (exact) mass is 637 g/mol. The number of aliphatic carboxylic acids is 1. The van der Waals surface area contributed by atoms with Crippen molar-refractivity contribution >= 4 is 23.4 Å². The fourth-order valence-electron chi connectivity index (χ4n) is 4.99. The van der Waals surface area contributed by atoms with Crippen LogP contribution in [0.1, 0.15) is 21.6 Å². The van der Waals surface area contributed by atoms with Gasteiger partial charge in [0.15, 0.2) is 0 Å². The summed E-state index contributed by atoms with van der Waals surface area (Å²) in [7, 11) is 2.19. The summed E-state index contributed by atoms with van der Waals surface area (Å²) in [6, 6.07) is 17.9. The van der Waals surface area contributed by atoms with E-state index in [1.165, 1.54) is 22.3 Å². The van der Waals surface area contributed by atoms with E-state index >= 15 is 0 Å². The minimum absolute atomic E-state index is 0.211. The van der Waals surface area contributed by atoms with Gasteiger partial charge in [-0.05, 0) is 36.4 Å². The first-order valence-corrected chi connectivity index (χ1v) is 14.9. The van der Waals surface area contributed by atoms with Gasteiger partial charge in [0.25, 0.3) is 0 Å². The van der Waals surface area contributed by atoms with Crippen molar-refractivity contribution in [1.82, 2.24) is 25.3 Å². The molecule has 6 rings (SSSR count). The Bertz CT molecular complexity index is 1720. The van der Waals surface area contributed by atoms with Crippen LogP contribution in [0.25, 0.3) is 22.5 Å². The highest BCUT2D eigenvalue weighted by molar-refractivity contribution is 7.11. The summed E-state index contributed by atoms with van der Waals surface area (Å²) in [5.74, 6) is 3.88. The summed E-state index contributed by atoms with van der Waals surface area (Å²) in [5, 5.41) is 19.8. The normalized spacial score (nSPS) is 14.3. The Labute approximate surface area is 261 Å². The number of fused-ring (bicyclic) bond motifs is 3. The van der Waals surface area contributed by atoms with Gasteiger partial charge in [-0.15, -0.1) is 11.3 Å². The van der Waals surface area contributed by atoms with E-state index in [2.05, 4.69) is 73.8 Å². The number of aromatic amines is 1. The highest BCUT2D eigenvalue weighted by Crippen LogP contribution is 2.41. The molecular weight excluding hydrogens is 607 g/mol. The molecule has 3 heterocycles. The van der Waals surface area contributed by atoms with Crippen LogP contribution in [0, 0.1) is 11.8 Å². The largest absolute Gasteiger partial charge is 0.490 e. The van der Waals surface area contributed by atoms with Crippen molar-refractivity contribution in [3.05, 3.63) is 81.5 Å². The number of ether oxygens (including phenoxy) is 1. The van der Waals surface area contributed by atoms with E-state index in [-0.39, 0.29) is 6.54 Å². The van der Waals surface area contributed by atoms with Crippen LogP contribution in [-0.4, -0.2) is 83.1 Å². The van der Waals surface area contributed by atoms with Crippen LogP contribution in [0.15, 0.2) is 60.0 Å². The lowest BCUT2D eigenvalue weighted by molar-refractivity contribution is -0.192. The molecule has 2 aromatic heterocycles. The Morgan fingerprint density at radius 2 is 1.84 bits per heavy atom. The zero-order chi connectivity index (χ0) is 32.0. The lowest BCUT2D eigenvalue weighted by atomic mass is 10.0. The molecule has 1 saturated heterocycles. The van der Waals surface area contributed by atoms with Crippen molar-refractivity contribution < 1.29 is 32.6 Å². The topological polar surface area (TPSA) is 111 Å². The number of hydrogen-bond donors (Lipinski definition) is 3.